The third-order valence-electron chi connectivity index (χ3n) is 2.63. The van der Waals surface area contributed by atoms with Crippen LogP contribution in [0.1, 0.15) is 44.2 Å². The molecule has 14 heavy (non-hydrogen) atoms. The first-order chi connectivity index (χ1) is 6.77. The predicted molar refractivity (Wildman–Crippen MR) is 64.0 cm³/mol. The van der Waals surface area contributed by atoms with Crippen molar-refractivity contribution in [1.82, 2.24) is 0 Å². The molecule has 0 fully saturated rings. The average Bonchev–Trinajstić information content (AvgIpc) is 2.21. The standard InChI is InChI=1S/C11H15N.C2H6/c1-8-3-4-10-9(2)5-6-12-11(10)7-8;1-2/h3-4,7,9,12H,5-6H2,1-2H3;1-2H3. The fraction of sp³-hybridized carbons (Fsp3) is 0.538. The van der Waals surface area contributed by atoms with Crippen molar-refractivity contribution in [3.05, 3.63) is 29.3 Å². The third-order valence-corrected chi connectivity index (χ3v) is 2.63. The fourth-order valence-electron chi connectivity index (χ4n) is 1.83. The maximum absolute atomic E-state index is 3.43. The highest BCUT2D eigenvalue weighted by atomic mass is 14.9. The molecule has 2 rings (SSSR count). The number of rotatable bonds is 0. The molecule has 0 spiro atoms. The van der Waals surface area contributed by atoms with Gasteiger partial charge in [-0.15, -0.1) is 0 Å². The minimum atomic E-state index is 0.724. The first-order valence-corrected chi connectivity index (χ1v) is 5.62. The lowest BCUT2D eigenvalue weighted by Gasteiger charge is -2.24. The Morgan fingerprint density at radius 1 is 1.29 bits per heavy atom. The van der Waals surface area contributed by atoms with E-state index in [9.17, 15) is 0 Å². The van der Waals surface area contributed by atoms with Crippen LogP contribution in [0.15, 0.2) is 18.2 Å². The van der Waals surface area contributed by atoms with Crippen LogP contribution in [0.25, 0.3) is 0 Å². The number of hydrogen-bond donors (Lipinski definition) is 1. The summed E-state index contributed by atoms with van der Waals surface area (Å²) in [4.78, 5) is 0. The Balaban J connectivity index is 0.000000461. The van der Waals surface area contributed by atoms with Crippen LogP contribution in [-0.2, 0) is 0 Å². The molecule has 0 saturated carbocycles. The average molecular weight is 191 g/mol. The van der Waals surface area contributed by atoms with Gasteiger partial charge in [-0.2, -0.15) is 0 Å². The quantitative estimate of drug-likeness (QED) is 0.655. The molecule has 1 nitrogen and oxygen atoms in total. The molecule has 0 aliphatic carbocycles. The van der Waals surface area contributed by atoms with E-state index in [4.69, 9.17) is 0 Å². The van der Waals surface area contributed by atoms with Crippen LogP contribution in [0.4, 0.5) is 5.69 Å². The Labute approximate surface area is 87.5 Å². The smallest absolute Gasteiger partial charge is 0.0378 e. The van der Waals surface area contributed by atoms with Gasteiger partial charge < -0.3 is 5.32 Å². The molecule has 78 valence electrons. The SMILES string of the molecule is CC.Cc1ccc2c(c1)NCCC2C. The number of benzene rings is 1. The van der Waals surface area contributed by atoms with Gasteiger partial charge in [0.1, 0.15) is 0 Å². The minimum absolute atomic E-state index is 0.724. The van der Waals surface area contributed by atoms with E-state index in [0.717, 1.165) is 12.5 Å². The van der Waals surface area contributed by atoms with Crippen molar-refractivity contribution < 1.29 is 0 Å². The van der Waals surface area contributed by atoms with Crippen LogP contribution >= 0.6 is 0 Å². The van der Waals surface area contributed by atoms with Gasteiger partial charge in [0.2, 0.25) is 0 Å². The molecule has 0 bridgehead atoms. The molecule has 1 aromatic rings. The molecular formula is C13H21N. The topological polar surface area (TPSA) is 12.0 Å². The number of anilines is 1. The van der Waals surface area contributed by atoms with Crippen LogP contribution in [0.2, 0.25) is 0 Å². The van der Waals surface area contributed by atoms with Crippen LogP contribution in [0.5, 0.6) is 0 Å². The molecule has 0 radical (unpaired) electrons. The zero-order chi connectivity index (χ0) is 10.6. The minimum Gasteiger partial charge on any atom is -0.385 e. The van der Waals surface area contributed by atoms with Crippen molar-refractivity contribution in [3.63, 3.8) is 0 Å². The van der Waals surface area contributed by atoms with Crippen molar-refractivity contribution >= 4 is 5.69 Å². The Morgan fingerprint density at radius 3 is 2.71 bits per heavy atom. The molecule has 1 heterocycles. The maximum Gasteiger partial charge on any atom is 0.0378 e. The lowest BCUT2D eigenvalue weighted by atomic mass is 9.92. The van der Waals surface area contributed by atoms with Gasteiger partial charge in [0, 0.05) is 12.2 Å². The second-order valence-corrected chi connectivity index (χ2v) is 3.71. The van der Waals surface area contributed by atoms with E-state index < -0.39 is 0 Å². The molecule has 1 N–H and O–H groups in total. The summed E-state index contributed by atoms with van der Waals surface area (Å²) in [5.74, 6) is 0.724. The van der Waals surface area contributed by atoms with E-state index in [0.29, 0.717) is 0 Å². The highest BCUT2D eigenvalue weighted by Gasteiger charge is 2.14. The second-order valence-electron chi connectivity index (χ2n) is 3.71. The van der Waals surface area contributed by atoms with Crippen molar-refractivity contribution in [3.8, 4) is 0 Å². The molecule has 1 heteroatoms. The summed E-state index contributed by atoms with van der Waals surface area (Å²) in [6, 6.07) is 6.69. The fourth-order valence-corrected chi connectivity index (χ4v) is 1.83. The number of hydrogen-bond acceptors (Lipinski definition) is 1. The van der Waals surface area contributed by atoms with Crippen LogP contribution in [-0.4, -0.2) is 6.54 Å². The van der Waals surface area contributed by atoms with Crippen LogP contribution in [0, 0.1) is 6.92 Å². The molecule has 1 aliphatic rings. The second kappa shape index (κ2) is 5.04. The molecule has 0 amide bonds. The molecule has 1 atom stereocenters. The van der Waals surface area contributed by atoms with E-state index in [2.05, 4.69) is 37.4 Å². The molecule has 0 aromatic heterocycles. The normalized spacial score (nSPS) is 18.7. The van der Waals surface area contributed by atoms with Gasteiger partial charge in [0.15, 0.2) is 0 Å². The van der Waals surface area contributed by atoms with Crippen molar-refractivity contribution in [2.24, 2.45) is 0 Å². The first kappa shape index (κ1) is 11.1. The van der Waals surface area contributed by atoms with Crippen molar-refractivity contribution in [1.29, 1.82) is 0 Å². The lowest BCUT2D eigenvalue weighted by Crippen LogP contribution is -2.14. The molecule has 0 saturated heterocycles. The summed E-state index contributed by atoms with van der Waals surface area (Å²) in [6.07, 6.45) is 1.26. The molecule has 1 aliphatic heterocycles. The highest BCUT2D eigenvalue weighted by molar-refractivity contribution is 5.56. The van der Waals surface area contributed by atoms with Gasteiger partial charge in [-0.05, 0) is 36.5 Å². The first-order valence-electron chi connectivity index (χ1n) is 5.62. The zero-order valence-corrected chi connectivity index (χ0v) is 9.72. The number of nitrogens with one attached hydrogen (secondary N) is 1. The largest absolute Gasteiger partial charge is 0.385 e. The van der Waals surface area contributed by atoms with E-state index >= 15 is 0 Å². The monoisotopic (exact) mass is 191 g/mol. The third kappa shape index (κ3) is 2.28. The lowest BCUT2D eigenvalue weighted by molar-refractivity contribution is 0.683. The Hall–Kier alpha value is -0.980. The van der Waals surface area contributed by atoms with Crippen LogP contribution < -0.4 is 5.32 Å². The highest BCUT2D eigenvalue weighted by Crippen LogP contribution is 2.31. The summed E-state index contributed by atoms with van der Waals surface area (Å²) in [7, 11) is 0. The van der Waals surface area contributed by atoms with Gasteiger partial charge in [0.05, 0.1) is 0 Å². The molecule has 1 unspecified atom stereocenters. The Morgan fingerprint density at radius 2 is 2.00 bits per heavy atom. The van der Waals surface area contributed by atoms with E-state index in [1.54, 1.807) is 0 Å². The van der Waals surface area contributed by atoms with Crippen LogP contribution in [0.3, 0.4) is 0 Å². The zero-order valence-electron chi connectivity index (χ0n) is 9.72. The van der Waals surface area contributed by atoms with E-state index in [1.807, 2.05) is 13.8 Å². The summed E-state index contributed by atoms with van der Waals surface area (Å²) < 4.78 is 0. The van der Waals surface area contributed by atoms with E-state index in [-0.39, 0.29) is 0 Å². The Kier molecular flexibility index (Phi) is 3.99. The van der Waals surface area contributed by atoms with Gasteiger partial charge >= 0.3 is 0 Å². The van der Waals surface area contributed by atoms with E-state index in [1.165, 1.54) is 23.2 Å². The van der Waals surface area contributed by atoms with Gasteiger partial charge in [-0.1, -0.05) is 32.9 Å². The van der Waals surface area contributed by atoms with Gasteiger partial charge in [-0.25, -0.2) is 0 Å². The van der Waals surface area contributed by atoms with Gasteiger partial charge in [-0.3, -0.25) is 0 Å². The number of aryl methyl sites for hydroxylation is 1. The summed E-state index contributed by atoms with van der Waals surface area (Å²) in [5.41, 5.74) is 4.16. The van der Waals surface area contributed by atoms with Crippen molar-refractivity contribution in [2.75, 3.05) is 11.9 Å². The summed E-state index contributed by atoms with van der Waals surface area (Å²) in [6.45, 7) is 9.56. The Bertz CT molecular complexity index is 291. The molecule has 1 aromatic carbocycles. The van der Waals surface area contributed by atoms with Crippen molar-refractivity contribution in [2.45, 2.75) is 40.0 Å². The van der Waals surface area contributed by atoms with Gasteiger partial charge in [0.25, 0.3) is 0 Å². The summed E-state index contributed by atoms with van der Waals surface area (Å²) in [5, 5.41) is 3.43. The number of fused-ring (bicyclic) bond motifs is 1. The summed E-state index contributed by atoms with van der Waals surface area (Å²) >= 11 is 0. The maximum atomic E-state index is 3.43. The molecular weight excluding hydrogens is 170 g/mol. The predicted octanol–water partition coefficient (Wildman–Crippen LogP) is 3.94.